The monoisotopic (exact) mass is 1310 g/mol. The quantitative estimate of drug-likeness (QED) is 0.0698. The van der Waals surface area contributed by atoms with Crippen molar-refractivity contribution in [3.8, 4) is 127 Å². The van der Waals surface area contributed by atoms with Crippen molar-refractivity contribution in [3.63, 3.8) is 0 Å². The van der Waals surface area contributed by atoms with Gasteiger partial charge in [0.25, 0.3) is 46.4 Å². The third kappa shape index (κ3) is 18.2. The minimum atomic E-state index is -4.49. The number of benzene rings is 4. The van der Waals surface area contributed by atoms with Gasteiger partial charge in [-0.25, -0.2) is 0 Å². The first-order chi connectivity index (χ1) is 45.9. The molecule has 0 fully saturated rings. The summed E-state index contributed by atoms with van der Waals surface area (Å²) in [6, 6.07) is 47.7. The van der Waals surface area contributed by atoms with E-state index in [1.807, 2.05) is 81.4 Å². The summed E-state index contributed by atoms with van der Waals surface area (Å²) < 4.78 is 81.9. The molecule has 12 rings (SSSR count). The predicted octanol–water partition coefficient (Wildman–Crippen LogP) is 13.9. The molecule has 27 heteroatoms. The lowest BCUT2D eigenvalue weighted by molar-refractivity contribution is -0.137. The molecule has 4 aromatic carbocycles. The summed E-state index contributed by atoms with van der Waals surface area (Å²) in [6.45, 7) is 5.82. The topological polar surface area (TPSA) is 309 Å². The molecule has 8 aromatic heterocycles. The zero-order chi connectivity index (χ0) is 67.4. The molecule has 8 heterocycles. The first-order valence-electron chi connectivity index (χ1n) is 28.3. The van der Waals surface area contributed by atoms with Gasteiger partial charge in [-0.05, 0) is 141 Å². The highest BCUT2D eigenvalue weighted by atomic mass is 19.4. The third-order valence-corrected chi connectivity index (χ3v) is 12.7. The van der Waals surface area contributed by atoms with E-state index in [0.29, 0.717) is 51.7 Å². The van der Waals surface area contributed by atoms with E-state index in [1.54, 1.807) is 110 Å². The average molecular weight is 1310 g/mol. The molecule has 4 N–H and O–H groups in total. The maximum absolute atomic E-state index is 12.9. The largest absolute Gasteiger partial charge is 0.499 e. The summed E-state index contributed by atoms with van der Waals surface area (Å²) in [5, 5.41) is 20.0. The van der Waals surface area contributed by atoms with Crippen molar-refractivity contribution in [3.05, 3.63) is 238 Å². The molecule has 0 atom stereocenters. The minimum absolute atomic E-state index is 0. The number of pyridine rings is 4. The molecule has 0 unspecified atom stereocenters. The lowest BCUT2D eigenvalue weighted by atomic mass is 10.2. The van der Waals surface area contributed by atoms with Crippen LogP contribution in [0, 0.1) is 20.8 Å². The molecule has 490 valence electrons. The maximum atomic E-state index is 12.9. The number of halogens is 3. The van der Waals surface area contributed by atoms with Gasteiger partial charge >= 0.3 is 6.18 Å². The second-order valence-corrected chi connectivity index (χ2v) is 19.7. The second-order valence-electron chi connectivity index (χ2n) is 19.7. The molecule has 0 radical (unpaired) electrons. The number of aromatic amines is 2. The molecule has 0 aliphatic rings. The molecule has 0 saturated heterocycles. The van der Waals surface area contributed by atoms with E-state index in [9.17, 15) is 33.0 Å². The lowest BCUT2D eigenvalue weighted by Crippen LogP contribution is -2.13. The van der Waals surface area contributed by atoms with Crippen LogP contribution in [0.2, 0.25) is 0 Å². The van der Waals surface area contributed by atoms with E-state index in [1.165, 1.54) is 40.6 Å². The Morgan fingerprint density at radius 1 is 0.375 bits per heavy atom. The summed E-state index contributed by atoms with van der Waals surface area (Å²) in [6.07, 6.45) is 1.91. The van der Waals surface area contributed by atoms with Gasteiger partial charge in [-0.3, -0.25) is 29.5 Å². The van der Waals surface area contributed by atoms with Gasteiger partial charge in [0.15, 0.2) is 23.3 Å². The summed E-state index contributed by atoms with van der Waals surface area (Å²) in [5.74, 6) is 1.81. The van der Waals surface area contributed by atoms with E-state index in [2.05, 4.69) is 59.8 Å². The molecular formula is C69H61F3N12O12. The Bertz CT molecular complexity index is 4680. The van der Waals surface area contributed by atoms with Crippen LogP contribution >= 0.6 is 0 Å². The van der Waals surface area contributed by atoms with Crippen molar-refractivity contribution in [2.45, 2.75) is 34.4 Å². The number of nitrogens with zero attached hydrogens (tertiary/aromatic N) is 10. The number of nitrogens with one attached hydrogen (secondary N) is 2. The van der Waals surface area contributed by atoms with Crippen LogP contribution in [-0.2, 0) is 6.18 Å². The standard InChI is InChI=1S/C18H14F3N3O3.2C17H15N3O3.C16H13N3O3.CH4/c1-25-14-16(26-2)23-15(13-8-3-4-9-22-13)24-17(14)27-12-7-5-6-11(10-12)18(19,20)21;1-11-6-5-7-12(10-11)23-17-14(22-2)16(21)19-15(20-17)13-8-3-4-9-18-13;1-11-6-5-7-12(10-11)23-17-14(21)16(22-2)19-15(20-17)13-8-3-4-9-18-13;1-10-5-4-6-11(9-10)22-16-13(20)15(21)18-14(19-16)12-7-2-3-8-17-12;/h3-10H,1-2H3;3-10H,1-2H3,(H,19,20,21);3-10,21H,1-2H3;2-9,20H,1H3,(H,18,19,21);1H4. The average Bonchev–Trinajstić information content (AvgIpc) is 0.872. The van der Waals surface area contributed by atoms with Crippen molar-refractivity contribution < 1.29 is 61.3 Å². The fraction of sp³-hybridized carbons (Fsp3) is 0.130. The zero-order valence-corrected chi connectivity index (χ0v) is 51.6. The van der Waals surface area contributed by atoms with Crippen molar-refractivity contribution in [1.29, 1.82) is 0 Å². The smallest absolute Gasteiger partial charge is 0.416 e. The zero-order valence-electron chi connectivity index (χ0n) is 51.6. The summed E-state index contributed by atoms with van der Waals surface area (Å²) in [4.78, 5) is 71.1. The number of methoxy groups -OCH3 is 4. The first kappa shape index (κ1) is 69.1. The Hall–Kier alpha value is -12.8. The van der Waals surface area contributed by atoms with Crippen molar-refractivity contribution >= 4 is 0 Å². The maximum Gasteiger partial charge on any atom is 0.416 e. The molecule has 0 saturated carbocycles. The van der Waals surface area contributed by atoms with Crippen molar-refractivity contribution in [2.24, 2.45) is 0 Å². The van der Waals surface area contributed by atoms with E-state index in [0.717, 1.165) is 28.8 Å². The van der Waals surface area contributed by atoms with E-state index in [4.69, 9.17) is 37.9 Å². The van der Waals surface area contributed by atoms with Crippen molar-refractivity contribution in [2.75, 3.05) is 28.4 Å². The highest BCUT2D eigenvalue weighted by Gasteiger charge is 2.31. The van der Waals surface area contributed by atoms with Crippen LogP contribution in [0.15, 0.2) is 204 Å². The first-order valence-corrected chi connectivity index (χ1v) is 28.3. The molecule has 96 heavy (non-hydrogen) atoms. The summed E-state index contributed by atoms with van der Waals surface area (Å²) in [7, 11) is 5.54. The van der Waals surface area contributed by atoms with Gasteiger partial charge < -0.3 is 58.1 Å². The van der Waals surface area contributed by atoms with Gasteiger partial charge in [-0.2, -0.15) is 43.1 Å². The van der Waals surface area contributed by atoms with Gasteiger partial charge in [0.2, 0.25) is 23.0 Å². The second kappa shape index (κ2) is 32.5. The highest BCUT2D eigenvalue weighted by Crippen LogP contribution is 2.41. The van der Waals surface area contributed by atoms with Gasteiger partial charge in [0.1, 0.15) is 45.8 Å². The number of ether oxygens (including phenoxy) is 8. The minimum Gasteiger partial charge on any atom is -0.499 e. The van der Waals surface area contributed by atoms with Gasteiger partial charge in [0, 0.05) is 24.8 Å². The molecular weight excluding hydrogens is 1250 g/mol. The normalized spacial score (nSPS) is 10.5. The number of H-pyrrole nitrogens is 2. The van der Waals surface area contributed by atoms with E-state index < -0.39 is 28.6 Å². The number of rotatable bonds is 16. The fourth-order valence-electron chi connectivity index (χ4n) is 8.32. The van der Waals surface area contributed by atoms with Crippen molar-refractivity contribution in [1.82, 2.24) is 59.8 Å². The summed E-state index contributed by atoms with van der Waals surface area (Å²) >= 11 is 0. The number of hydrogen-bond acceptors (Lipinski definition) is 22. The highest BCUT2D eigenvalue weighted by molar-refractivity contribution is 5.58. The lowest BCUT2D eigenvalue weighted by Gasteiger charge is -2.14. The molecule has 0 amide bonds. The molecule has 0 bridgehead atoms. The number of hydrogen-bond donors (Lipinski definition) is 4. The molecule has 24 nitrogen and oxygen atoms in total. The van der Waals surface area contributed by atoms with Crippen LogP contribution in [0.25, 0.3) is 46.1 Å². The van der Waals surface area contributed by atoms with E-state index >= 15 is 0 Å². The molecule has 0 aliphatic carbocycles. The number of alkyl halides is 3. The number of aryl methyl sites for hydroxylation is 3. The van der Waals surface area contributed by atoms with Crippen LogP contribution in [0.3, 0.4) is 0 Å². The Morgan fingerprint density at radius 3 is 1.16 bits per heavy atom. The third-order valence-electron chi connectivity index (χ3n) is 12.7. The molecule has 0 aliphatic heterocycles. The van der Waals surface area contributed by atoms with Crippen LogP contribution in [0.4, 0.5) is 13.2 Å². The molecule has 12 aromatic rings. The van der Waals surface area contributed by atoms with Gasteiger partial charge in [-0.1, -0.05) is 74.2 Å². The van der Waals surface area contributed by atoms with Crippen LogP contribution in [0.5, 0.6) is 81.3 Å². The number of aromatic nitrogens is 12. The fourth-order valence-corrected chi connectivity index (χ4v) is 8.32. The van der Waals surface area contributed by atoms with Crippen LogP contribution < -0.4 is 49.0 Å². The van der Waals surface area contributed by atoms with Crippen LogP contribution in [0.1, 0.15) is 29.7 Å². The number of aromatic hydroxyl groups is 2. The van der Waals surface area contributed by atoms with Crippen LogP contribution in [-0.4, -0.2) is 98.5 Å². The predicted molar refractivity (Wildman–Crippen MR) is 348 cm³/mol. The Morgan fingerprint density at radius 2 is 0.740 bits per heavy atom. The Balaban J connectivity index is 0.000000164. The van der Waals surface area contributed by atoms with Gasteiger partial charge in [0.05, 0.1) is 34.0 Å². The summed E-state index contributed by atoms with van der Waals surface area (Å²) in [5.41, 5.74) is 3.13. The van der Waals surface area contributed by atoms with E-state index in [-0.39, 0.29) is 77.4 Å². The Labute approximate surface area is 546 Å². The molecule has 0 spiro atoms. The SMILES string of the molecule is C.COc1c(Oc2cccc(C)c2)nc(-c2ccccn2)[nH]c1=O.COc1nc(-c2ccccn2)nc(Oc2cccc(C(F)(F)F)c2)c1OC.COc1nc(-c2ccccn2)nc(Oc2cccc(C)c2)c1O.Cc1cccc(Oc2nc(-c3ccccn3)[nH]c(=O)c2O)c1. The Kier molecular flexibility index (Phi) is 23.4. The van der Waals surface area contributed by atoms with Gasteiger partial charge in [-0.15, -0.1) is 0 Å².